The number of carbonyl (C=O) groups excluding carboxylic acids is 2. The Morgan fingerprint density at radius 3 is 2.54 bits per heavy atom. The standard InChI is InChI=1S/C23H27FN2O2/c1-2-3-14-26(21-7-5-4-6-8-21)23(28)19-16-22(27)25(17-19)15-13-18-9-11-20(24)12-10-18/h4-12,19H,2-3,13-17H2,1H3. The molecule has 1 heterocycles. The number of unbranched alkanes of at least 4 members (excludes halogenated alkanes) is 1. The van der Waals surface area contributed by atoms with Gasteiger partial charge in [-0.15, -0.1) is 0 Å². The summed E-state index contributed by atoms with van der Waals surface area (Å²) < 4.78 is 13.0. The van der Waals surface area contributed by atoms with Gasteiger partial charge in [0.2, 0.25) is 11.8 Å². The van der Waals surface area contributed by atoms with Crippen molar-refractivity contribution in [3.8, 4) is 0 Å². The van der Waals surface area contributed by atoms with Crippen LogP contribution in [-0.4, -0.2) is 36.3 Å². The van der Waals surface area contributed by atoms with E-state index in [1.807, 2.05) is 35.2 Å². The molecule has 1 fully saturated rings. The molecule has 1 saturated heterocycles. The van der Waals surface area contributed by atoms with Crippen LogP contribution in [0, 0.1) is 11.7 Å². The van der Waals surface area contributed by atoms with Gasteiger partial charge >= 0.3 is 0 Å². The Bertz CT molecular complexity index is 792. The molecule has 2 aromatic carbocycles. The Hall–Kier alpha value is -2.69. The first-order valence-electron chi connectivity index (χ1n) is 9.97. The largest absolute Gasteiger partial charge is 0.342 e. The van der Waals surface area contributed by atoms with E-state index in [2.05, 4.69) is 6.92 Å². The van der Waals surface area contributed by atoms with E-state index in [0.717, 1.165) is 24.1 Å². The Balaban J connectivity index is 1.63. The average molecular weight is 382 g/mol. The van der Waals surface area contributed by atoms with E-state index in [0.29, 0.717) is 26.1 Å². The maximum Gasteiger partial charge on any atom is 0.232 e. The van der Waals surface area contributed by atoms with Gasteiger partial charge in [-0.25, -0.2) is 4.39 Å². The van der Waals surface area contributed by atoms with E-state index in [4.69, 9.17) is 0 Å². The fourth-order valence-corrected chi connectivity index (χ4v) is 3.58. The van der Waals surface area contributed by atoms with Crippen molar-refractivity contribution < 1.29 is 14.0 Å². The van der Waals surface area contributed by atoms with Gasteiger partial charge in [-0.3, -0.25) is 9.59 Å². The van der Waals surface area contributed by atoms with Crippen LogP contribution < -0.4 is 4.90 Å². The Labute approximate surface area is 166 Å². The van der Waals surface area contributed by atoms with Crippen LogP contribution in [0.4, 0.5) is 10.1 Å². The van der Waals surface area contributed by atoms with Gasteiger partial charge in [0.15, 0.2) is 0 Å². The summed E-state index contributed by atoms with van der Waals surface area (Å²) in [6.45, 7) is 3.77. The molecule has 0 spiro atoms. The SMILES string of the molecule is CCCCN(C(=O)C1CC(=O)N(CCc2ccc(F)cc2)C1)c1ccccc1. The number of rotatable bonds is 8. The smallest absolute Gasteiger partial charge is 0.232 e. The molecule has 4 nitrogen and oxygen atoms in total. The minimum Gasteiger partial charge on any atom is -0.342 e. The molecule has 2 amide bonds. The molecule has 1 unspecified atom stereocenters. The van der Waals surface area contributed by atoms with E-state index in [1.54, 1.807) is 17.0 Å². The lowest BCUT2D eigenvalue weighted by Gasteiger charge is -2.25. The number of amides is 2. The van der Waals surface area contributed by atoms with Gasteiger partial charge in [-0.05, 0) is 42.7 Å². The highest BCUT2D eigenvalue weighted by molar-refractivity contribution is 5.99. The number of nitrogens with zero attached hydrogens (tertiary/aromatic N) is 2. The van der Waals surface area contributed by atoms with Crippen molar-refractivity contribution in [2.75, 3.05) is 24.5 Å². The molecular weight excluding hydrogens is 355 g/mol. The van der Waals surface area contributed by atoms with Crippen LogP contribution in [0.15, 0.2) is 54.6 Å². The van der Waals surface area contributed by atoms with Crippen LogP contribution in [0.2, 0.25) is 0 Å². The molecule has 2 aromatic rings. The first kappa shape index (κ1) is 20.1. The minimum atomic E-state index is -0.308. The molecule has 0 bridgehead atoms. The van der Waals surface area contributed by atoms with Crippen molar-refractivity contribution in [2.24, 2.45) is 5.92 Å². The van der Waals surface area contributed by atoms with Crippen molar-refractivity contribution in [1.29, 1.82) is 0 Å². The lowest BCUT2D eigenvalue weighted by Crippen LogP contribution is -2.38. The maximum atomic E-state index is 13.2. The zero-order chi connectivity index (χ0) is 19.9. The fraction of sp³-hybridized carbons (Fsp3) is 0.391. The highest BCUT2D eigenvalue weighted by Crippen LogP contribution is 2.24. The number of halogens is 1. The first-order chi connectivity index (χ1) is 13.6. The van der Waals surface area contributed by atoms with Crippen LogP contribution in [0.25, 0.3) is 0 Å². The van der Waals surface area contributed by atoms with Crippen molar-refractivity contribution >= 4 is 17.5 Å². The molecule has 148 valence electrons. The van der Waals surface area contributed by atoms with Gasteiger partial charge in [0, 0.05) is 31.7 Å². The molecule has 1 aliphatic heterocycles. The number of hydrogen-bond acceptors (Lipinski definition) is 2. The van der Waals surface area contributed by atoms with Crippen molar-refractivity contribution in [3.63, 3.8) is 0 Å². The number of anilines is 1. The molecule has 0 radical (unpaired) electrons. The van der Waals surface area contributed by atoms with E-state index in [9.17, 15) is 14.0 Å². The van der Waals surface area contributed by atoms with E-state index in [-0.39, 0.29) is 30.0 Å². The fourth-order valence-electron chi connectivity index (χ4n) is 3.58. The summed E-state index contributed by atoms with van der Waals surface area (Å²) in [5.41, 5.74) is 1.87. The number of carbonyl (C=O) groups is 2. The number of para-hydroxylation sites is 1. The topological polar surface area (TPSA) is 40.6 Å². The molecule has 5 heteroatoms. The van der Waals surface area contributed by atoms with Crippen LogP contribution in [-0.2, 0) is 16.0 Å². The van der Waals surface area contributed by atoms with Gasteiger partial charge in [-0.1, -0.05) is 43.7 Å². The van der Waals surface area contributed by atoms with Gasteiger partial charge < -0.3 is 9.80 Å². The third-order valence-electron chi connectivity index (χ3n) is 5.22. The average Bonchev–Trinajstić information content (AvgIpc) is 3.09. The van der Waals surface area contributed by atoms with Crippen LogP contribution in [0.1, 0.15) is 31.7 Å². The van der Waals surface area contributed by atoms with Crippen molar-refractivity contribution in [1.82, 2.24) is 4.90 Å². The summed E-state index contributed by atoms with van der Waals surface area (Å²) in [7, 11) is 0. The first-order valence-corrected chi connectivity index (χ1v) is 9.97. The summed E-state index contributed by atoms with van der Waals surface area (Å²) in [4.78, 5) is 29.2. The van der Waals surface area contributed by atoms with Crippen molar-refractivity contribution in [3.05, 3.63) is 66.0 Å². The summed E-state index contributed by atoms with van der Waals surface area (Å²) in [5.74, 6) is -0.529. The monoisotopic (exact) mass is 382 g/mol. The van der Waals surface area contributed by atoms with Gasteiger partial charge in [0.05, 0.1) is 5.92 Å². The predicted molar refractivity (Wildman–Crippen MR) is 108 cm³/mol. The van der Waals surface area contributed by atoms with E-state index >= 15 is 0 Å². The van der Waals surface area contributed by atoms with Crippen LogP contribution in [0.3, 0.4) is 0 Å². The van der Waals surface area contributed by atoms with Crippen LogP contribution in [0.5, 0.6) is 0 Å². The highest BCUT2D eigenvalue weighted by atomic mass is 19.1. The van der Waals surface area contributed by atoms with Gasteiger partial charge in [-0.2, -0.15) is 0 Å². The van der Waals surface area contributed by atoms with Gasteiger partial charge in [0.1, 0.15) is 5.82 Å². The summed E-state index contributed by atoms with van der Waals surface area (Å²) >= 11 is 0. The minimum absolute atomic E-state index is 0.0176. The highest BCUT2D eigenvalue weighted by Gasteiger charge is 2.36. The quantitative estimate of drug-likeness (QED) is 0.691. The Morgan fingerprint density at radius 2 is 1.86 bits per heavy atom. The molecule has 1 atom stereocenters. The second-order valence-corrected chi connectivity index (χ2v) is 7.30. The van der Waals surface area contributed by atoms with E-state index < -0.39 is 0 Å². The van der Waals surface area contributed by atoms with Crippen LogP contribution >= 0.6 is 0 Å². The third kappa shape index (κ3) is 4.97. The predicted octanol–water partition coefficient (Wildman–Crippen LogP) is 4.05. The van der Waals surface area contributed by atoms with E-state index in [1.165, 1.54) is 12.1 Å². The molecule has 0 N–H and O–H groups in total. The maximum absolute atomic E-state index is 13.2. The number of likely N-dealkylation sites (tertiary alicyclic amines) is 1. The number of hydrogen-bond donors (Lipinski definition) is 0. The molecule has 3 rings (SSSR count). The molecule has 0 saturated carbocycles. The third-order valence-corrected chi connectivity index (χ3v) is 5.22. The second-order valence-electron chi connectivity index (χ2n) is 7.30. The second kappa shape index (κ2) is 9.49. The zero-order valence-corrected chi connectivity index (χ0v) is 16.3. The lowest BCUT2D eigenvalue weighted by molar-refractivity contribution is -0.128. The molecule has 28 heavy (non-hydrogen) atoms. The molecular formula is C23H27FN2O2. The lowest BCUT2D eigenvalue weighted by atomic mass is 10.1. The summed E-state index contributed by atoms with van der Waals surface area (Å²) in [5, 5.41) is 0. The van der Waals surface area contributed by atoms with Gasteiger partial charge in [0.25, 0.3) is 0 Å². The Morgan fingerprint density at radius 1 is 1.14 bits per heavy atom. The molecule has 0 aliphatic carbocycles. The Kier molecular flexibility index (Phi) is 6.80. The normalized spacial score (nSPS) is 16.4. The molecule has 1 aliphatic rings. The van der Waals surface area contributed by atoms with Crippen molar-refractivity contribution in [2.45, 2.75) is 32.6 Å². The molecule has 0 aromatic heterocycles. The number of benzene rings is 2. The summed E-state index contributed by atoms with van der Waals surface area (Å²) in [6, 6.07) is 16.0. The zero-order valence-electron chi connectivity index (χ0n) is 16.3. The summed E-state index contributed by atoms with van der Waals surface area (Å²) in [6.07, 6.45) is 2.85.